The van der Waals surface area contributed by atoms with Crippen LogP contribution in [0.5, 0.6) is 0 Å². The van der Waals surface area contributed by atoms with E-state index in [1.807, 2.05) is 6.92 Å². The summed E-state index contributed by atoms with van der Waals surface area (Å²) in [7, 11) is 0. The Morgan fingerprint density at radius 3 is 2.55 bits per heavy atom. The van der Waals surface area contributed by atoms with Gasteiger partial charge in [0.25, 0.3) is 0 Å². The van der Waals surface area contributed by atoms with Crippen molar-refractivity contribution >= 4 is 29.8 Å². The molecule has 0 aromatic heterocycles. The number of carboxylic acids is 1. The average Bonchev–Trinajstić information content (AvgIpc) is 3.60. The lowest BCUT2D eigenvalue weighted by molar-refractivity contribution is -0.146. The highest BCUT2D eigenvalue weighted by molar-refractivity contribution is 5.93. The molecule has 2 aliphatic rings. The number of carboxylic acid groups (broad SMARTS) is 1. The van der Waals surface area contributed by atoms with Crippen LogP contribution in [0.2, 0.25) is 0 Å². The fourth-order valence-electron chi connectivity index (χ4n) is 3.87. The minimum atomic E-state index is -1.16. The summed E-state index contributed by atoms with van der Waals surface area (Å²) in [6.07, 6.45) is 4.54. The Morgan fingerprint density at radius 1 is 1.21 bits per heavy atom. The van der Waals surface area contributed by atoms with E-state index in [0.717, 1.165) is 25.7 Å². The zero-order valence-electron chi connectivity index (χ0n) is 19.3. The molecule has 2 atom stereocenters. The van der Waals surface area contributed by atoms with Crippen LogP contribution in [0.25, 0.3) is 0 Å². The summed E-state index contributed by atoms with van der Waals surface area (Å²) < 4.78 is 0. The molecule has 1 saturated heterocycles. The summed E-state index contributed by atoms with van der Waals surface area (Å²) in [5.74, 6) is -1.98. The average molecular weight is 468 g/mol. The molecule has 0 bridgehead atoms. The number of carbonyl (C=O) groups is 4. The molecule has 186 valence electrons. The summed E-state index contributed by atoms with van der Waals surface area (Å²) in [6, 6.07) is -1.90. The van der Waals surface area contributed by atoms with Crippen molar-refractivity contribution in [2.75, 3.05) is 32.7 Å². The molecule has 2 fully saturated rings. The first-order chi connectivity index (χ1) is 15.7. The molecule has 0 unspecified atom stereocenters. The SMILES string of the molecule is CCCCNC(=O)N[C@@H](CC(=O)NC[C@@H]1CCCN(C(=N)N)C1)C(=O)N(CC(=O)O)C1CC1. The first kappa shape index (κ1) is 26.2. The molecule has 0 spiro atoms. The summed E-state index contributed by atoms with van der Waals surface area (Å²) in [6.45, 7) is 3.61. The van der Waals surface area contributed by atoms with Crippen LogP contribution in [-0.2, 0) is 14.4 Å². The van der Waals surface area contributed by atoms with Crippen LogP contribution in [0.4, 0.5) is 4.79 Å². The number of guanidine groups is 1. The number of urea groups is 1. The van der Waals surface area contributed by atoms with E-state index in [0.29, 0.717) is 39.0 Å². The number of amides is 4. The molecular formula is C21H37N7O5. The molecule has 0 radical (unpaired) electrons. The van der Waals surface area contributed by atoms with E-state index in [4.69, 9.17) is 11.1 Å². The Bertz CT molecular complexity index is 728. The van der Waals surface area contributed by atoms with Crippen LogP contribution in [-0.4, -0.2) is 89.5 Å². The maximum absolute atomic E-state index is 13.1. The van der Waals surface area contributed by atoms with Crippen LogP contribution in [0, 0.1) is 11.3 Å². The highest BCUT2D eigenvalue weighted by Gasteiger charge is 2.38. The Kier molecular flexibility index (Phi) is 10.2. The molecule has 1 heterocycles. The van der Waals surface area contributed by atoms with Crippen molar-refractivity contribution in [2.24, 2.45) is 11.7 Å². The molecule has 33 heavy (non-hydrogen) atoms. The van der Waals surface area contributed by atoms with Gasteiger partial charge in [-0.15, -0.1) is 0 Å². The Balaban J connectivity index is 1.97. The topological polar surface area (TPSA) is 181 Å². The monoisotopic (exact) mass is 467 g/mol. The van der Waals surface area contributed by atoms with Gasteiger partial charge in [-0.25, -0.2) is 4.79 Å². The second kappa shape index (κ2) is 12.9. The van der Waals surface area contributed by atoms with Gasteiger partial charge < -0.3 is 36.6 Å². The lowest BCUT2D eigenvalue weighted by Crippen LogP contribution is -2.54. The third kappa shape index (κ3) is 9.15. The predicted molar refractivity (Wildman–Crippen MR) is 121 cm³/mol. The summed E-state index contributed by atoms with van der Waals surface area (Å²) >= 11 is 0. The number of unbranched alkanes of at least 4 members (excludes halogenated alkanes) is 1. The van der Waals surface area contributed by atoms with Crippen molar-refractivity contribution in [3.63, 3.8) is 0 Å². The van der Waals surface area contributed by atoms with Crippen molar-refractivity contribution in [3.8, 4) is 0 Å². The van der Waals surface area contributed by atoms with Crippen LogP contribution in [0.15, 0.2) is 0 Å². The van der Waals surface area contributed by atoms with Crippen molar-refractivity contribution in [2.45, 2.75) is 64.0 Å². The lowest BCUT2D eigenvalue weighted by Gasteiger charge is -2.33. The minimum Gasteiger partial charge on any atom is -0.480 e. The zero-order chi connectivity index (χ0) is 24.4. The number of nitrogens with two attached hydrogens (primary N) is 1. The molecular weight excluding hydrogens is 430 g/mol. The molecule has 1 aliphatic carbocycles. The van der Waals surface area contributed by atoms with E-state index in [-0.39, 0.29) is 24.3 Å². The molecule has 1 saturated carbocycles. The van der Waals surface area contributed by atoms with Gasteiger partial charge in [0.15, 0.2) is 5.96 Å². The predicted octanol–water partition coefficient (Wildman–Crippen LogP) is -0.358. The maximum atomic E-state index is 13.1. The van der Waals surface area contributed by atoms with Crippen LogP contribution in [0.1, 0.15) is 51.9 Å². The fraction of sp³-hybridized carbons (Fsp3) is 0.762. The van der Waals surface area contributed by atoms with Crippen molar-refractivity contribution in [3.05, 3.63) is 0 Å². The van der Waals surface area contributed by atoms with Gasteiger partial charge in [-0.05, 0) is 38.0 Å². The van der Waals surface area contributed by atoms with Gasteiger partial charge in [0.2, 0.25) is 11.8 Å². The molecule has 0 aromatic rings. The Labute approximate surface area is 194 Å². The van der Waals surface area contributed by atoms with Gasteiger partial charge >= 0.3 is 12.0 Å². The van der Waals surface area contributed by atoms with E-state index in [2.05, 4.69) is 16.0 Å². The Hall–Kier alpha value is -3.05. The molecule has 2 rings (SSSR count). The van der Waals surface area contributed by atoms with E-state index < -0.39 is 36.4 Å². The lowest BCUT2D eigenvalue weighted by atomic mass is 9.98. The first-order valence-electron chi connectivity index (χ1n) is 11.6. The molecule has 1 aliphatic heterocycles. The number of piperidine rings is 1. The molecule has 12 nitrogen and oxygen atoms in total. The highest BCUT2D eigenvalue weighted by Crippen LogP contribution is 2.27. The number of rotatable bonds is 12. The third-order valence-electron chi connectivity index (χ3n) is 5.83. The highest BCUT2D eigenvalue weighted by atomic mass is 16.4. The maximum Gasteiger partial charge on any atom is 0.323 e. The minimum absolute atomic E-state index is 0.00794. The van der Waals surface area contributed by atoms with Gasteiger partial charge in [-0.3, -0.25) is 19.8 Å². The van der Waals surface area contributed by atoms with Gasteiger partial charge in [0, 0.05) is 32.2 Å². The standard InChI is InChI=1S/C21H37N7O5/c1-2-3-8-24-21(33)26-16(19(32)28(13-18(30)31)15-6-7-15)10-17(29)25-11-14-5-4-9-27(12-14)20(22)23/h14-16H,2-13H2,1H3,(H3,22,23)(H,25,29)(H,30,31)(H2,24,26,33)/t14-,16-/m0/s1. The van der Waals surface area contributed by atoms with Crippen molar-refractivity contribution in [1.82, 2.24) is 25.8 Å². The van der Waals surface area contributed by atoms with Crippen molar-refractivity contribution < 1.29 is 24.3 Å². The number of carbonyl (C=O) groups excluding carboxylic acids is 3. The third-order valence-corrected chi connectivity index (χ3v) is 5.83. The molecule has 12 heteroatoms. The quantitative estimate of drug-likeness (QED) is 0.129. The molecule has 4 amide bonds. The number of nitrogens with zero attached hydrogens (tertiary/aromatic N) is 2. The van der Waals surface area contributed by atoms with E-state index in [1.165, 1.54) is 4.90 Å². The van der Waals surface area contributed by atoms with Gasteiger partial charge in [0.05, 0.1) is 6.42 Å². The second-order valence-electron chi connectivity index (χ2n) is 8.75. The molecule has 7 N–H and O–H groups in total. The number of hydrogen-bond donors (Lipinski definition) is 6. The Morgan fingerprint density at radius 2 is 1.94 bits per heavy atom. The first-order valence-corrected chi connectivity index (χ1v) is 11.6. The van der Waals surface area contributed by atoms with Gasteiger partial charge in [-0.2, -0.15) is 0 Å². The van der Waals surface area contributed by atoms with Gasteiger partial charge in [-0.1, -0.05) is 13.3 Å². The van der Waals surface area contributed by atoms with Crippen LogP contribution >= 0.6 is 0 Å². The number of nitrogens with one attached hydrogen (secondary N) is 4. The fourth-order valence-corrected chi connectivity index (χ4v) is 3.87. The number of likely N-dealkylation sites (tertiary alicyclic amines) is 1. The van der Waals surface area contributed by atoms with E-state index >= 15 is 0 Å². The van der Waals surface area contributed by atoms with E-state index in [9.17, 15) is 24.3 Å². The van der Waals surface area contributed by atoms with Crippen LogP contribution in [0.3, 0.4) is 0 Å². The van der Waals surface area contributed by atoms with Crippen molar-refractivity contribution in [1.29, 1.82) is 5.41 Å². The summed E-state index contributed by atoms with van der Waals surface area (Å²) in [5.41, 5.74) is 5.56. The smallest absolute Gasteiger partial charge is 0.323 e. The number of hydrogen-bond acceptors (Lipinski definition) is 5. The van der Waals surface area contributed by atoms with E-state index in [1.54, 1.807) is 4.90 Å². The van der Waals surface area contributed by atoms with Gasteiger partial charge in [0.1, 0.15) is 12.6 Å². The summed E-state index contributed by atoms with van der Waals surface area (Å²) in [4.78, 5) is 52.2. The second-order valence-corrected chi connectivity index (χ2v) is 8.75. The normalized spacial score (nSPS) is 18.7. The van der Waals surface area contributed by atoms with Crippen LogP contribution < -0.4 is 21.7 Å². The molecule has 0 aromatic carbocycles. The summed E-state index contributed by atoms with van der Waals surface area (Å²) in [5, 5.41) is 24.8. The largest absolute Gasteiger partial charge is 0.480 e. The zero-order valence-corrected chi connectivity index (χ0v) is 19.3. The number of aliphatic carboxylic acids is 1.